The van der Waals surface area contributed by atoms with Gasteiger partial charge >= 0.3 is 0 Å². The molecule has 10 nitrogen and oxygen atoms in total. The van der Waals surface area contributed by atoms with Crippen molar-refractivity contribution in [2.75, 3.05) is 0 Å². The van der Waals surface area contributed by atoms with Crippen LogP contribution in [0, 0.1) is 0 Å². The molecule has 8 heterocycles. The molecule has 0 atom stereocenters. The van der Waals surface area contributed by atoms with E-state index >= 15 is 0 Å². The molecule has 0 spiro atoms. The van der Waals surface area contributed by atoms with Gasteiger partial charge in [0, 0.05) is 128 Å². The molecule has 0 N–H and O–H groups in total. The zero-order valence-electron chi connectivity index (χ0n) is 68.4. The fourth-order valence-electron chi connectivity index (χ4n) is 19.2. The molecule has 0 amide bonds. The summed E-state index contributed by atoms with van der Waals surface area (Å²) >= 11 is 0. The molecule has 0 aliphatic carbocycles. The SMILES string of the molecule is c1cc(-c2cncc(-c3cccc(-n4c5ccccc5c5ccccc54)c3)c2)cc(-n2c3ccccc3c3ccccc32)c1.c1ccc(-c2nc(-c3ccccc3)nc(-n3c4ccccc4c4cc(-c5ccc6c(c5)c5ccccc5n6-c5ccccc5)ccc43)n2)cc1.c1ccc(-n2c3ccccc3c3cc(-n4c5ccccc5c5ccccc54)ccc32)cc1. The lowest BCUT2D eigenvalue weighted by atomic mass is 10.0. The zero-order chi connectivity index (χ0) is 83.1. The van der Waals surface area contributed by atoms with Crippen molar-refractivity contribution in [1.29, 1.82) is 0 Å². The van der Waals surface area contributed by atoms with Crippen molar-refractivity contribution in [2.24, 2.45) is 0 Å². The molecule has 26 aromatic rings. The summed E-state index contributed by atoms with van der Waals surface area (Å²) < 4.78 is 14.0. The maximum absolute atomic E-state index is 5.08. The van der Waals surface area contributed by atoms with E-state index in [0.717, 1.165) is 77.8 Å². The van der Waals surface area contributed by atoms with Gasteiger partial charge in [-0.15, -0.1) is 0 Å². The fraction of sp³-hybridized carbons (Fsp3) is 0. The highest BCUT2D eigenvalue weighted by atomic mass is 15.2. The summed E-state index contributed by atoms with van der Waals surface area (Å²) in [5.74, 6) is 1.87. The van der Waals surface area contributed by atoms with E-state index in [2.05, 4.69) is 416 Å². The van der Waals surface area contributed by atoms with E-state index in [0.29, 0.717) is 17.6 Å². The summed E-state index contributed by atoms with van der Waals surface area (Å²) in [4.78, 5) is 19.8. The topological polar surface area (TPSA) is 81.1 Å². The lowest BCUT2D eigenvalue weighted by Gasteiger charge is -2.12. The Labute approximate surface area is 725 Å². The van der Waals surface area contributed by atoms with Crippen LogP contribution in [0.25, 0.3) is 221 Å². The Morgan fingerprint density at radius 1 is 0.135 bits per heavy atom. The maximum Gasteiger partial charge on any atom is 0.238 e. The van der Waals surface area contributed by atoms with Gasteiger partial charge in [-0.25, -0.2) is 4.98 Å². The van der Waals surface area contributed by atoms with Gasteiger partial charge in [0.15, 0.2) is 11.6 Å². The van der Waals surface area contributed by atoms with E-state index in [1.165, 1.54) is 126 Å². The summed E-state index contributed by atoms with van der Waals surface area (Å²) in [6.07, 6.45) is 3.93. The standard InChI is InChI=1S/C45H29N5.C41H27N3.C30H20N2/c1-4-14-30(15-5-1)43-46-44(31-16-6-2-7-17-31)48-45(47-43)50-40-23-13-11-21-36(40)38-29-33(25-27-42(38)50)32-24-26-41-37(28-32)35-20-10-12-22-39(35)49(41)34-18-8-3-9-19-34;1-5-19-38-34(15-1)35-16-2-6-20-39(35)43(38)32-13-9-11-28(24-32)30-23-31(27-42-26-30)29-12-10-14-33(25-29)44-40-21-7-3-17-36(40)37-18-4-8-22-41(37)44;1-2-10-21(11-3-1)31-29-17-9-6-14-25(29)26-20-22(18-19-30(26)31)32-27-15-7-4-12-23(27)24-13-5-8-16-28(24)32/h1-29H;1-27H;1-20H. The van der Waals surface area contributed by atoms with Gasteiger partial charge < -0.3 is 22.8 Å². The van der Waals surface area contributed by atoms with Crippen molar-refractivity contribution in [1.82, 2.24) is 47.3 Å². The first-order valence-electron chi connectivity index (χ1n) is 42.7. The van der Waals surface area contributed by atoms with Crippen molar-refractivity contribution in [2.45, 2.75) is 0 Å². The fourth-order valence-corrected chi connectivity index (χ4v) is 19.2. The zero-order valence-corrected chi connectivity index (χ0v) is 68.4. The Bertz CT molecular complexity index is 8340. The number of rotatable bonds is 11. The van der Waals surface area contributed by atoms with Gasteiger partial charge in [-0.05, 0) is 174 Å². The predicted molar refractivity (Wildman–Crippen MR) is 524 cm³/mol. The number of hydrogen-bond acceptors (Lipinski definition) is 4. The number of para-hydroxylation sites is 11. The molecule has 0 saturated heterocycles. The number of fused-ring (bicyclic) bond motifs is 18. The summed E-state index contributed by atoms with van der Waals surface area (Å²) in [7, 11) is 0. The van der Waals surface area contributed by atoms with Crippen molar-refractivity contribution in [3.8, 4) is 90.5 Å². The van der Waals surface area contributed by atoms with E-state index < -0.39 is 0 Å². The molecule has 0 radical (unpaired) electrons. The van der Waals surface area contributed by atoms with Crippen LogP contribution in [0.2, 0.25) is 0 Å². The van der Waals surface area contributed by atoms with Gasteiger partial charge in [0.25, 0.3) is 0 Å². The molecule has 0 bridgehead atoms. The highest BCUT2D eigenvalue weighted by molar-refractivity contribution is 6.16. The highest BCUT2D eigenvalue weighted by Crippen LogP contribution is 2.43. The van der Waals surface area contributed by atoms with Gasteiger partial charge in [-0.2, -0.15) is 9.97 Å². The normalized spacial score (nSPS) is 11.7. The van der Waals surface area contributed by atoms with Crippen LogP contribution in [0.5, 0.6) is 0 Å². The first kappa shape index (κ1) is 72.9. The molecule has 0 unspecified atom stereocenters. The molecule has 10 heteroatoms. The first-order chi connectivity index (χ1) is 62.5. The summed E-state index contributed by atoms with van der Waals surface area (Å²) in [5.41, 5.74) is 28.7. The average Bonchev–Trinajstić information content (AvgIpc) is 1.77. The second kappa shape index (κ2) is 30.6. The first-order valence-corrected chi connectivity index (χ1v) is 42.7. The average molecular weight is 1610 g/mol. The summed E-state index contributed by atoms with van der Waals surface area (Å²) in [5, 5.41) is 14.9. The van der Waals surface area contributed by atoms with E-state index in [1.807, 2.05) is 73.1 Å². The highest BCUT2D eigenvalue weighted by Gasteiger charge is 2.23. The molecule has 0 aliphatic rings. The van der Waals surface area contributed by atoms with Gasteiger partial charge in [-0.3, -0.25) is 9.55 Å². The van der Waals surface area contributed by atoms with Crippen molar-refractivity contribution in [3.05, 3.63) is 461 Å². The number of pyridine rings is 1. The molecular formula is C116H76N10. The molecule has 126 heavy (non-hydrogen) atoms. The largest absolute Gasteiger partial charge is 0.309 e. The van der Waals surface area contributed by atoms with Crippen molar-refractivity contribution >= 4 is 131 Å². The van der Waals surface area contributed by atoms with Crippen molar-refractivity contribution < 1.29 is 0 Å². The van der Waals surface area contributed by atoms with Crippen LogP contribution in [0.4, 0.5) is 0 Å². The third-order valence-electron chi connectivity index (χ3n) is 24.9. The Morgan fingerprint density at radius 2 is 0.373 bits per heavy atom. The number of nitrogens with zero attached hydrogens (tertiary/aromatic N) is 10. The molecular weight excluding hydrogens is 1530 g/mol. The van der Waals surface area contributed by atoms with Crippen LogP contribution in [0.15, 0.2) is 461 Å². The van der Waals surface area contributed by atoms with E-state index in [9.17, 15) is 0 Å². The van der Waals surface area contributed by atoms with Crippen molar-refractivity contribution in [3.63, 3.8) is 0 Å². The molecule has 18 aromatic carbocycles. The molecule has 590 valence electrons. The van der Waals surface area contributed by atoms with Crippen LogP contribution < -0.4 is 0 Å². The molecule has 0 fully saturated rings. The third kappa shape index (κ3) is 12.4. The van der Waals surface area contributed by atoms with Gasteiger partial charge in [0.2, 0.25) is 5.95 Å². The van der Waals surface area contributed by atoms with E-state index in [-0.39, 0.29) is 0 Å². The monoisotopic (exact) mass is 1610 g/mol. The second-order valence-electron chi connectivity index (χ2n) is 32.1. The Balaban J connectivity index is 0.000000108. The van der Waals surface area contributed by atoms with Gasteiger partial charge in [-0.1, -0.05) is 297 Å². The van der Waals surface area contributed by atoms with E-state index in [4.69, 9.17) is 19.9 Å². The minimum absolute atomic E-state index is 0.590. The van der Waals surface area contributed by atoms with Crippen LogP contribution in [-0.4, -0.2) is 47.3 Å². The minimum atomic E-state index is 0.590. The third-order valence-corrected chi connectivity index (χ3v) is 24.9. The second-order valence-corrected chi connectivity index (χ2v) is 32.1. The number of hydrogen-bond donors (Lipinski definition) is 0. The van der Waals surface area contributed by atoms with Gasteiger partial charge in [0.05, 0.1) is 66.2 Å². The van der Waals surface area contributed by atoms with E-state index in [1.54, 1.807) is 0 Å². The lowest BCUT2D eigenvalue weighted by Crippen LogP contribution is -2.06. The quantitative estimate of drug-likeness (QED) is 0.129. The minimum Gasteiger partial charge on any atom is -0.309 e. The van der Waals surface area contributed by atoms with Crippen LogP contribution in [0.1, 0.15) is 0 Å². The molecule has 0 aliphatic heterocycles. The van der Waals surface area contributed by atoms with Crippen LogP contribution in [-0.2, 0) is 0 Å². The number of benzene rings is 18. The summed E-state index contributed by atoms with van der Waals surface area (Å²) in [6.45, 7) is 0. The molecule has 0 saturated carbocycles. The Morgan fingerprint density at radius 3 is 0.722 bits per heavy atom. The molecule has 26 rings (SSSR count). The predicted octanol–water partition coefficient (Wildman–Crippen LogP) is 29.6. The smallest absolute Gasteiger partial charge is 0.238 e. The van der Waals surface area contributed by atoms with Crippen LogP contribution in [0.3, 0.4) is 0 Å². The summed E-state index contributed by atoms with van der Waals surface area (Å²) in [6, 6.07) is 159. The molecule has 8 aromatic heterocycles. The Kier molecular flexibility index (Phi) is 17.7. The Hall–Kier alpha value is -17.1. The van der Waals surface area contributed by atoms with Crippen LogP contribution >= 0.6 is 0 Å². The maximum atomic E-state index is 5.08. The lowest BCUT2D eigenvalue weighted by molar-refractivity contribution is 0.953. The van der Waals surface area contributed by atoms with Gasteiger partial charge in [0.1, 0.15) is 0 Å². The number of aromatic nitrogens is 10.